The fourth-order valence-electron chi connectivity index (χ4n) is 8.16. The molecule has 0 aliphatic rings. The Labute approximate surface area is 422 Å². The Bertz CT molecular complexity index is 1290. The molecule has 0 radical (unpaired) electrons. The third kappa shape index (κ3) is 52.0. The molecule has 0 saturated heterocycles. The van der Waals surface area contributed by atoms with E-state index in [-0.39, 0.29) is 12.5 Å². The first-order chi connectivity index (χ1) is 33.0. The second-order valence-corrected chi connectivity index (χ2v) is 22.0. The summed E-state index contributed by atoms with van der Waals surface area (Å²) in [6.45, 7) is 4.61. The summed E-state index contributed by atoms with van der Waals surface area (Å²) in [6, 6.07) is -0.915. The molecule has 0 bridgehead atoms. The molecule has 0 heterocycles. The Hall–Kier alpha value is -1.80. The van der Waals surface area contributed by atoms with Gasteiger partial charge in [-0.05, 0) is 77.0 Å². The maximum absolute atomic E-state index is 12.9. The summed E-state index contributed by atoms with van der Waals surface area (Å²) < 4.78 is 23.3. The number of amides is 1. The molecule has 0 spiro atoms. The van der Waals surface area contributed by atoms with Crippen molar-refractivity contribution in [1.82, 2.24) is 5.32 Å². The van der Waals surface area contributed by atoms with Crippen molar-refractivity contribution in [2.45, 2.75) is 270 Å². The van der Waals surface area contributed by atoms with Gasteiger partial charge in [-0.25, -0.2) is 0 Å². The zero-order valence-electron chi connectivity index (χ0n) is 45.3. The van der Waals surface area contributed by atoms with Crippen LogP contribution >= 0.6 is 7.82 Å². The molecule has 68 heavy (non-hydrogen) atoms. The summed E-state index contributed by atoms with van der Waals surface area (Å²) in [4.78, 5) is 25.5. The number of aliphatic hydroxyl groups excluding tert-OH is 1. The number of nitrogens with one attached hydrogen (secondary N) is 1. The molecule has 0 aromatic carbocycles. The highest BCUT2D eigenvalue weighted by atomic mass is 31.2. The molecule has 0 fully saturated rings. The molecule has 0 aliphatic heterocycles. The Morgan fingerprint density at radius 2 is 0.868 bits per heavy atom. The molecule has 9 heteroatoms. The maximum atomic E-state index is 12.9. The van der Waals surface area contributed by atoms with Gasteiger partial charge in [0.25, 0.3) is 7.82 Å². The fraction of sp³-hybridized carbons (Fsp3) is 0.814. The zero-order valence-corrected chi connectivity index (χ0v) is 46.2. The fourth-order valence-corrected chi connectivity index (χ4v) is 8.88. The van der Waals surface area contributed by atoms with Crippen molar-refractivity contribution >= 4 is 13.7 Å². The second kappa shape index (κ2) is 50.2. The summed E-state index contributed by atoms with van der Waals surface area (Å²) in [5.74, 6) is -0.216. The Balaban J connectivity index is 4.29. The molecule has 0 aliphatic carbocycles. The zero-order chi connectivity index (χ0) is 49.9. The lowest BCUT2D eigenvalue weighted by Crippen LogP contribution is -2.45. The number of likely N-dealkylation sites (N-methyl/N-ethyl adjacent to an activating group) is 1. The van der Waals surface area contributed by atoms with Crippen LogP contribution in [0.25, 0.3) is 0 Å². The Morgan fingerprint density at radius 1 is 0.515 bits per heavy atom. The van der Waals surface area contributed by atoms with Crippen LogP contribution in [-0.4, -0.2) is 68.5 Å². The number of unbranched alkanes of at least 4 members (excludes halogenated alkanes) is 31. The second-order valence-electron chi connectivity index (χ2n) is 20.6. The van der Waals surface area contributed by atoms with Gasteiger partial charge >= 0.3 is 0 Å². The van der Waals surface area contributed by atoms with Crippen molar-refractivity contribution in [1.29, 1.82) is 0 Å². The van der Waals surface area contributed by atoms with Gasteiger partial charge in [-0.3, -0.25) is 9.36 Å². The smallest absolute Gasteiger partial charge is 0.268 e. The van der Waals surface area contributed by atoms with Gasteiger partial charge in [-0.2, -0.15) is 0 Å². The van der Waals surface area contributed by atoms with Crippen LogP contribution < -0.4 is 10.2 Å². The molecule has 3 atom stereocenters. The van der Waals surface area contributed by atoms with Crippen molar-refractivity contribution in [3.05, 3.63) is 60.8 Å². The molecule has 0 aromatic rings. The van der Waals surface area contributed by atoms with Gasteiger partial charge in [-0.15, -0.1) is 0 Å². The van der Waals surface area contributed by atoms with E-state index in [0.717, 1.165) is 51.4 Å². The highest BCUT2D eigenvalue weighted by Gasteiger charge is 2.23. The minimum absolute atomic E-state index is 0.0116. The number of phosphoric ester groups is 1. The van der Waals surface area contributed by atoms with E-state index in [1.807, 2.05) is 27.2 Å². The summed E-state index contributed by atoms with van der Waals surface area (Å²) in [6.07, 6.45) is 67.3. The normalized spacial score (nSPS) is 14.4. The van der Waals surface area contributed by atoms with Crippen LogP contribution in [0, 0.1) is 0 Å². The van der Waals surface area contributed by atoms with Crippen molar-refractivity contribution < 1.29 is 32.9 Å². The lowest BCUT2D eigenvalue weighted by atomic mass is 10.0. The van der Waals surface area contributed by atoms with E-state index in [2.05, 4.69) is 67.8 Å². The van der Waals surface area contributed by atoms with Gasteiger partial charge in [0, 0.05) is 6.42 Å². The van der Waals surface area contributed by atoms with E-state index < -0.39 is 26.6 Å². The quantitative estimate of drug-likeness (QED) is 0.0272. The molecule has 0 rings (SSSR count). The van der Waals surface area contributed by atoms with E-state index >= 15 is 0 Å². The van der Waals surface area contributed by atoms with E-state index in [0.29, 0.717) is 17.4 Å². The molecular formula is C59H111N2O6P. The van der Waals surface area contributed by atoms with Crippen molar-refractivity contribution in [2.24, 2.45) is 0 Å². The summed E-state index contributed by atoms with van der Waals surface area (Å²) in [7, 11) is 1.23. The highest BCUT2D eigenvalue weighted by molar-refractivity contribution is 7.45. The molecule has 0 saturated carbocycles. The van der Waals surface area contributed by atoms with Crippen molar-refractivity contribution in [2.75, 3.05) is 40.9 Å². The predicted molar refractivity (Wildman–Crippen MR) is 293 cm³/mol. The van der Waals surface area contributed by atoms with Crippen LogP contribution in [0.1, 0.15) is 258 Å². The first-order valence-electron chi connectivity index (χ1n) is 28.7. The lowest BCUT2D eigenvalue weighted by molar-refractivity contribution is -0.870. The number of rotatable bonds is 52. The first-order valence-corrected chi connectivity index (χ1v) is 30.1. The van der Waals surface area contributed by atoms with E-state index in [9.17, 15) is 19.4 Å². The van der Waals surface area contributed by atoms with Crippen LogP contribution in [0.3, 0.4) is 0 Å². The summed E-state index contributed by atoms with van der Waals surface area (Å²) >= 11 is 0. The van der Waals surface area contributed by atoms with E-state index in [4.69, 9.17) is 9.05 Å². The van der Waals surface area contributed by atoms with Crippen LogP contribution in [0.2, 0.25) is 0 Å². The van der Waals surface area contributed by atoms with Crippen LogP contribution in [0.4, 0.5) is 0 Å². The number of quaternary nitrogens is 1. The number of carbonyl (C=O) groups is 1. The molecule has 2 N–H and O–H groups in total. The van der Waals surface area contributed by atoms with E-state index in [1.165, 1.54) is 186 Å². The molecular weight excluding hydrogens is 864 g/mol. The topological polar surface area (TPSA) is 108 Å². The molecule has 8 nitrogen and oxygen atoms in total. The Kier molecular flexibility index (Phi) is 48.8. The molecule has 398 valence electrons. The van der Waals surface area contributed by atoms with Crippen molar-refractivity contribution in [3.63, 3.8) is 0 Å². The van der Waals surface area contributed by atoms with Gasteiger partial charge in [0.05, 0.1) is 39.9 Å². The lowest BCUT2D eigenvalue weighted by Gasteiger charge is -2.29. The number of aliphatic hydroxyl groups is 1. The molecule has 3 unspecified atom stereocenters. The minimum atomic E-state index is -4.61. The molecule has 1 amide bonds. The summed E-state index contributed by atoms with van der Waals surface area (Å²) in [5.41, 5.74) is 0. The van der Waals surface area contributed by atoms with Gasteiger partial charge in [-0.1, -0.05) is 235 Å². The Morgan fingerprint density at radius 3 is 1.31 bits per heavy atom. The third-order valence-electron chi connectivity index (χ3n) is 12.7. The highest BCUT2D eigenvalue weighted by Crippen LogP contribution is 2.38. The average Bonchev–Trinajstić information content (AvgIpc) is 3.30. The van der Waals surface area contributed by atoms with Crippen LogP contribution in [-0.2, 0) is 18.4 Å². The number of carbonyl (C=O) groups excluding carboxylic acids is 1. The standard InChI is InChI=1S/C59H111N2O6P/c1-6-8-10-12-14-16-18-20-22-24-26-27-28-29-30-31-32-33-35-36-38-40-42-44-46-48-50-52-58(62)57(56-67-68(64,65)66-55-54-61(3,4)5)60-59(63)53-51-49-47-45-43-41-39-37-34-25-23-21-19-17-15-13-11-9-7-2/h15,17,21,23,35-36,42,44,50,52,57-58,62H,6-14,16,18-20,22,24-34,37-41,43,45-49,51,53-56H2,1-5H3,(H-,60,63,64,65)/b17-15-,23-21-,36-35+,44-42+,52-50+. The van der Waals surface area contributed by atoms with E-state index in [1.54, 1.807) is 6.08 Å². The molecule has 0 aromatic heterocycles. The van der Waals surface area contributed by atoms with Gasteiger partial charge < -0.3 is 28.8 Å². The minimum Gasteiger partial charge on any atom is -0.756 e. The predicted octanol–water partition coefficient (Wildman–Crippen LogP) is 16.7. The number of nitrogens with zero attached hydrogens (tertiary/aromatic N) is 1. The van der Waals surface area contributed by atoms with Crippen molar-refractivity contribution in [3.8, 4) is 0 Å². The first kappa shape index (κ1) is 66.2. The van der Waals surface area contributed by atoms with Crippen LogP contribution in [0.15, 0.2) is 60.8 Å². The number of hydrogen-bond donors (Lipinski definition) is 2. The average molecular weight is 976 g/mol. The van der Waals surface area contributed by atoms with Gasteiger partial charge in [0.1, 0.15) is 13.2 Å². The number of allylic oxidation sites excluding steroid dienone is 9. The maximum Gasteiger partial charge on any atom is 0.268 e. The SMILES string of the molecule is CCCCC/C=C\C/C=C\CCCCCCCCCCCC(=O)NC(COP(=O)([O-])OCC[N+](C)(C)C)C(O)/C=C/CC/C=C/CC/C=C/CCCCCCCCCCCCCCCCCCC. The third-order valence-corrected chi connectivity index (χ3v) is 13.6. The van der Waals surface area contributed by atoms with Crippen LogP contribution in [0.5, 0.6) is 0 Å². The van der Waals surface area contributed by atoms with Gasteiger partial charge in [0.15, 0.2) is 0 Å². The number of hydrogen-bond acceptors (Lipinski definition) is 6. The van der Waals surface area contributed by atoms with Gasteiger partial charge in [0.2, 0.25) is 5.91 Å². The summed E-state index contributed by atoms with van der Waals surface area (Å²) in [5, 5.41) is 13.9. The number of phosphoric acid groups is 1. The monoisotopic (exact) mass is 975 g/mol. The largest absolute Gasteiger partial charge is 0.756 e.